The molecule has 2 heterocycles. The van der Waals surface area contributed by atoms with Crippen LogP contribution in [-0.2, 0) is 23.0 Å². The second kappa shape index (κ2) is 7.25. The molecule has 0 fully saturated rings. The molecule has 126 valence electrons. The van der Waals surface area contributed by atoms with E-state index in [1.54, 1.807) is 10.9 Å². The summed E-state index contributed by atoms with van der Waals surface area (Å²) in [6.07, 6.45) is 3.50. The van der Waals surface area contributed by atoms with Crippen LogP contribution in [0.15, 0.2) is 53.0 Å². The van der Waals surface area contributed by atoms with E-state index in [0.29, 0.717) is 19.5 Å². The van der Waals surface area contributed by atoms with Crippen LogP contribution in [-0.4, -0.2) is 29.7 Å². The molecular formula is C16H18N4O2S2. The minimum Gasteiger partial charge on any atom is -0.267 e. The summed E-state index contributed by atoms with van der Waals surface area (Å²) in [5, 5.41) is 7.02. The minimum absolute atomic E-state index is 0.175. The highest BCUT2D eigenvalue weighted by atomic mass is 32.2. The summed E-state index contributed by atoms with van der Waals surface area (Å²) in [7, 11) is -3.55. The van der Waals surface area contributed by atoms with Crippen LogP contribution in [0.5, 0.6) is 0 Å². The SMILES string of the molecule is Cc1csc(CCNS(=O)(=O)c2cnn(Cc3ccccc3)c2)n1. The Labute approximate surface area is 145 Å². The summed E-state index contributed by atoms with van der Waals surface area (Å²) < 4.78 is 28.8. The fraction of sp³-hybridized carbons (Fsp3) is 0.250. The van der Waals surface area contributed by atoms with E-state index < -0.39 is 10.0 Å². The molecule has 0 radical (unpaired) electrons. The van der Waals surface area contributed by atoms with Gasteiger partial charge in [-0.3, -0.25) is 4.68 Å². The van der Waals surface area contributed by atoms with E-state index >= 15 is 0 Å². The molecular weight excluding hydrogens is 344 g/mol. The van der Waals surface area contributed by atoms with E-state index in [4.69, 9.17) is 0 Å². The van der Waals surface area contributed by atoms with E-state index in [0.717, 1.165) is 16.3 Å². The topological polar surface area (TPSA) is 76.9 Å². The summed E-state index contributed by atoms with van der Waals surface area (Å²) in [5.41, 5.74) is 2.02. The minimum atomic E-state index is -3.55. The summed E-state index contributed by atoms with van der Waals surface area (Å²) in [6, 6.07) is 9.78. The average Bonchev–Trinajstić information content (AvgIpc) is 3.18. The van der Waals surface area contributed by atoms with E-state index in [1.807, 2.05) is 42.6 Å². The predicted octanol–water partition coefficient (Wildman–Crippen LogP) is 2.22. The van der Waals surface area contributed by atoms with Crippen molar-refractivity contribution in [3.8, 4) is 0 Å². The maximum atomic E-state index is 12.3. The van der Waals surface area contributed by atoms with Crippen LogP contribution in [0.25, 0.3) is 0 Å². The molecule has 3 rings (SSSR count). The van der Waals surface area contributed by atoms with Gasteiger partial charge in [0.1, 0.15) is 4.90 Å². The molecule has 2 aromatic heterocycles. The van der Waals surface area contributed by atoms with E-state index in [9.17, 15) is 8.42 Å². The lowest BCUT2D eigenvalue weighted by Crippen LogP contribution is -2.25. The summed E-state index contributed by atoms with van der Waals surface area (Å²) in [6.45, 7) is 2.78. The largest absolute Gasteiger partial charge is 0.267 e. The number of hydrogen-bond donors (Lipinski definition) is 1. The van der Waals surface area contributed by atoms with Crippen LogP contribution < -0.4 is 4.72 Å². The molecule has 0 amide bonds. The molecule has 0 saturated carbocycles. The Bertz CT molecular complexity index is 901. The van der Waals surface area contributed by atoms with Crippen LogP contribution in [0, 0.1) is 6.92 Å². The van der Waals surface area contributed by atoms with Crippen molar-refractivity contribution in [2.45, 2.75) is 24.8 Å². The zero-order valence-corrected chi connectivity index (χ0v) is 14.8. The first-order chi connectivity index (χ1) is 11.5. The fourth-order valence-electron chi connectivity index (χ4n) is 2.23. The third kappa shape index (κ3) is 4.28. The number of benzene rings is 1. The number of rotatable bonds is 7. The molecule has 0 atom stereocenters. The Hall–Kier alpha value is -2.03. The Morgan fingerprint density at radius 1 is 1.25 bits per heavy atom. The molecule has 0 unspecified atom stereocenters. The van der Waals surface area contributed by atoms with Crippen molar-refractivity contribution in [1.29, 1.82) is 0 Å². The average molecular weight is 362 g/mol. The second-order valence-corrected chi connectivity index (χ2v) is 8.10. The Morgan fingerprint density at radius 3 is 2.75 bits per heavy atom. The molecule has 8 heteroatoms. The van der Waals surface area contributed by atoms with E-state index in [-0.39, 0.29) is 4.90 Å². The van der Waals surface area contributed by atoms with Gasteiger partial charge in [-0.2, -0.15) is 5.10 Å². The van der Waals surface area contributed by atoms with Crippen molar-refractivity contribution < 1.29 is 8.42 Å². The second-order valence-electron chi connectivity index (χ2n) is 5.39. The van der Waals surface area contributed by atoms with Gasteiger partial charge in [0.05, 0.1) is 17.7 Å². The molecule has 0 aliphatic rings. The quantitative estimate of drug-likeness (QED) is 0.699. The van der Waals surface area contributed by atoms with Crippen molar-refractivity contribution in [3.63, 3.8) is 0 Å². The molecule has 0 aliphatic heterocycles. The normalized spacial score (nSPS) is 11.7. The Morgan fingerprint density at radius 2 is 2.04 bits per heavy atom. The van der Waals surface area contributed by atoms with Crippen LogP contribution in [0.2, 0.25) is 0 Å². The number of hydrogen-bond acceptors (Lipinski definition) is 5. The molecule has 1 aromatic carbocycles. The van der Waals surface area contributed by atoms with Gasteiger partial charge in [-0.25, -0.2) is 18.1 Å². The summed E-state index contributed by atoms with van der Waals surface area (Å²) in [5.74, 6) is 0. The molecule has 1 N–H and O–H groups in total. The maximum absolute atomic E-state index is 12.3. The number of nitrogens with one attached hydrogen (secondary N) is 1. The fourth-order valence-corrected chi connectivity index (χ4v) is 3.99. The van der Waals surface area contributed by atoms with E-state index in [2.05, 4.69) is 14.8 Å². The van der Waals surface area contributed by atoms with Gasteiger partial charge in [0.2, 0.25) is 10.0 Å². The molecule has 0 aliphatic carbocycles. The summed E-state index contributed by atoms with van der Waals surface area (Å²) >= 11 is 1.54. The van der Waals surface area contributed by atoms with Gasteiger partial charge in [-0.15, -0.1) is 11.3 Å². The van der Waals surface area contributed by atoms with Gasteiger partial charge >= 0.3 is 0 Å². The highest BCUT2D eigenvalue weighted by Gasteiger charge is 2.16. The lowest BCUT2D eigenvalue weighted by molar-refractivity contribution is 0.581. The molecule has 24 heavy (non-hydrogen) atoms. The first-order valence-electron chi connectivity index (χ1n) is 7.50. The first-order valence-corrected chi connectivity index (χ1v) is 9.86. The monoisotopic (exact) mass is 362 g/mol. The number of aromatic nitrogens is 3. The van der Waals surface area contributed by atoms with Crippen LogP contribution in [0.4, 0.5) is 0 Å². The number of thiazole rings is 1. The van der Waals surface area contributed by atoms with Crippen LogP contribution >= 0.6 is 11.3 Å². The van der Waals surface area contributed by atoms with Crippen molar-refractivity contribution >= 4 is 21.4 Å². The predicted molar refractivity (Wildman–Crippen MR) is 93.5 cm³/mol. The van der Waals surface area contributed by atoms with Crippen LogP contribution in [0.3, 0.4) is 0 Å². The maximum Gasteiger partial charge on any atom is 0.243 e. The number of sulfonamides is 1. The van der Waals surface area contributed by atoms with Gasteiger partial charge < -0.3 is 0 Å². The summed E-state index contributed by atoms with van der Waals surface area (Å²) in [4.78, 5) is 4.50. The third-order valence-electron chi connectivity index (χ3n) is 3.40. The highest BCUT2D eigenvalue weighted by Crippen LogP contribution is 2.11. The van der Waals surface area contributed by atoms with Crippen LogP contribution in [0.1, 0.15) is 16.3 Å². The number of nitrogens with zero attached hydrogens (tertiary/aromatic N) is 3. The highest BCUT2D eigenvalue weighted by molar-refractivity contribution is 7.89. The zero-order chi connectivity index (χ0) is 17.0. The van der Waals surface area contributed by atoms with Crippen molar-refractivity contribution in [1.82, 2.24) is 19.5 Å². The lowest BCUT2D eigenvalue weighted by Gasteiger charge is -2.03. The smallest absolute Gasteiger partial charge is 0.243 e. The first kappa shape index (κ1) is 16.8. The van der Waals surface area contributed by atoms with Crippen molar-refractivity contribution in [2.24, 2.45) is 0 Å². The lowest BCUT2D eigenvalue weighted by atomic mass is 10.2. The Balaban J connectivity index is 1.60. The number of aryl methyl sites for hydroxylation is 1. The molecule has 3 aromatic rings. The molecule has 0 spiro atoms. The van der Waals surface area contributed by atoms with Crippen molar-refractivity contribution in [2.75, 3.05) is 6.54 Å². The van der Waals surface area contributed by atoms with Gasteiger partial charge in [-0.05, 0) is 12.5 Å². The Kier molecular flexibility index (Phi) is 5.08. The van der Waals surface area contributed by atoms with E-state index in [1.165, 1.54) is 17.5 Å². The molecule has 6 nitrogen and oxygen atoms in total. The molecule has 0 saturated heterocycles. The van der Waals surface area contributed by atoms with Gasteiger partial charge in [-0.1, -0.05) is 30.3 Å². The molecule has 0 bridgehead atoms. The zero-order valence-electron chi connectivity index (χ0n) is 13.2. The van der Waals surface area contributed by atoms with Crippen molar-refractivity contribution in [3.05, 3.63) is 64.4 Å². The standard InChI is InChI=1S/C16H18N4O2S2/c1-13-12-23-16(19-13)7-8-18-24(21,22)15-9-17-20(11-15)10-14-5-3-2-4-6-14/h2-6,9,11-12,18H,7-8,10H2,1H3. The van der Waals surface area contributed by atoms with Gasteiger partial charge in [0.25, 0.3) is 0 Å². The third-order valence-corrected chi connectivity index (χ3v) is 5.85. The van der Waals surface area contributed by atoms with Gasteiger partial charge in [0.15, 0.2) is 0 Å². The van der Waals surface area contributed by atoms with Gasteiger partial charge in [0, 0.05) is 30.2 Å².